The highest BCUT2D eigenvalue weighted by molar-refractivity contribution is 4.94. The monoisotopic (exact) mass is 203 g/mol. The maximum absolute atomic E-state index is 5.68. The van der Waals surface area contributed by atoms with Crippen LogP contribution in [0.25, 0.3) is 0 Å². The van der Waals surface area contributed by atoms with Crippen LogP contribution in [0.1, 0.15) is 13.8 Å². The Bertz CT molecular complexity index is 221. The normalized spacial score (nSPS) is 45.4. The van der Waals surface area contributed by atoms with Crippen molar-refractivity contribution in [2.24, 2.45) is 5.73 Å². The van der Waals surface area contributed by atoms with Crippen molar-refractivity contribution in [1.82, 2.24) is 0 Å². The molecule has 2 fully saturated rings. The molecule has 0 aromatic heterocycles. The Kier molecular flexibility index (Phi) is 2.53. The summed E-state index contributed by atoms with van der Waals surface area (Å²) >= 11 is 0. The van der Waals surface area contributed by atoms with E-state index in [0.717, 1.165) is 0 Å². The highest BCUT2D eigenvalue weighted by Gasteiger charge is 2.54. The zero-order valence-electron chi connectivity index (χ0n) is 8.73. The van der Waals surface area contributed by atoms with Crippen LogP contribution in [-0.2, 0) is 18.9 Å². The molecule has 0 aromatic rings. The summed E-state index contributed by atoms with van der Waals surface area (Å²) in [5, 5.41) is 0. The fourth-order valence-corrected chi connectivity index (χ4v) is 2.02. The summed E-state index contributed by atoms with van der Waals surface area (Å²) in [5.74, 6) is -0.592. The molecule has 5 heteroatoms. The molecule has 82 valence electrons. The van der Waals surface area contributed by atoms with Gasteiger partial charge in [0.25, 0.3) is 0 Å². The molecule has 0 aliphatic carbocycles. The van der Waals surface area contributed by atoms with E-state index in [1.807, 2.05) is 13.8 Å². The van der Waals surface area contributed by atoms with Crippen molar-refractivity contribution in [2.75, 3.05) is 13.7 Å². The Balaban J connectivity index is 2.09. The van der Waals surface area contributed by atoms with Crippen LogP contribution >= 0.6 is 0 Å². The molecule has 5 nitrogen and oxygen atoms in total. The van der Waals surface area contributed by atoms with Gasteiger partial charge in [-0.05, 0) is 13.8 Å². The van der Waals surface area contributed by atoms with E-state index >= 15 is 0 Å². The number of methoxy groups -OCH3 is 1. The smallest absolute Gasteiger partial charge is 0.190 e. The van der Waals surface area contributed by atoms with Gasteiger partial charge < -0.3 is 24.7 Å². The minimum Gasteiger partial charge on any atom is -0.376 e. The van der Waals surface area contributed by atoms with Gasteiger partial charge in [0.15, 0.2) is 12.1 Å². The lowest BCUT2D eigenvalue weighted by atomic mass is 10.1. The largest absolute Gasteiger partial charge is 0.376 e. The molecular weight excluding hydrogens is 186 g/mol. The van der Waals surface area contributed by atoms with Crippen LogP contribution < -0.4 is 5.73 Å². The third-order valence-corrected chi connectivity index (χ3v) is 2.59. The number of hydrogen-bond acceptors (Lipinski definition) is 5. The van der Waals surface area contributed by atoms with Crippen LogP contribution in [0.15, 0.2) is 0 Å². The van der Waals surface area contributed by atoms with Crippen LogP contribution in [0.4, 0.5) is 0 Å². The zero-order valence-corrected chi connectivity index (χ0v) is 8.73. The van der Waals surface area contributed by atoms with E-state index < -0.39 is 5.79 Å². The van der Waals surface area contributed by atoms with Gasteiger partial charge in [0.2, 0.25) is 0 Å². The van der Waals surface area contributed by atoms with Crippen molar-refractivity contribution in [3.05, 3.63) is 0 Å². The number of nitrogens with two attached hydrogens (primary N) is 1. The predicted molar refractivity (Wildman–Crippen MR) is 48.5 cm³/mol. The van der Waals surface area contributed by atoms with E-state index in [4.69, 9.17) is 24.7 Å². The second-order valence-electron chi connectivity index (χ2n) is 4.08. The van der Waals surface area contributed by atoms with Gasteiger partial charge in [-0.1, -0.05) is 0 Å². The average Bonchev–Trinajstić information content (AvgIpc) is 2.55. The van der Waals surface area contributed by atoms with Gasteiger partial charge in [-0.25, -0.2) is 0 Å². The van der Waals surface area contributed by atoms with Crippen molar-refractivity contribution in [2.45, 2.75) is 44.2 Å². The molecule has 0 bridgehead atoms. The van der Waals surface area contributed by atoms with Crippen LogP contribution in [0.5, 0.6) is 0 Å². The molecule has 2 aliphatic rings. The first-order chi connectivity index (χ1) is 6.57. The maximum atomic E-state index is 5.68. The van der Waals surface area contributed by atoms with Crippen LogP contribution in [-0.4, -0.2) is 44.0 Å². The first kappa shape index (κ1) is 10.3. The van der Waals surface area contributed by atoms with Crippen molar-refractivity contribution in [3.8, 4) is 0 Å². The van der Waals surface area contributed by atoms with Gasteiger partial charge in [0.1, 0.15) is 18.3 Å². The maximum Gasteiger partial charge on any atom is 0.190 e. The van der Waals surface area contributed by atoms with E-state index in [9.17, 15) is 0 Å². The molecule has 4 unspecified atom stereocenters. The van der Waals surface area contributed by atoms with Gasteiger partial charge in [0, 0.05) is 13.7 Å². The van der Waals surface area contributed by atoms with Crippen molar-refractivity contribution >= 4 is 0 Å². The highest BCUT2D eigenvalue weighted by atomic mass is 16.8. The second-order valence-corrected chi connectivity index (χ2v) is 4.08. The standard InChI is InChI=1S/C9H17NO4/c1-9(2)13-7-6(11-3)5(4-10)12-8(7)14-9/h5-8H,4,10H2,1-3H3. The Hall–Kier alpha value is -0.200. The molecule has 0 aromatic carbocycles. The minimum absolute atomic E-state index is 0.133. The Morgan fingerprint density at radius 3 is 2.64 bits per heavy atom. The quantitative estimate of drug-likeness (QED) is 0.675. The summed E-state index contributed by atoms with van der Waals surface area (Å²) in [4.78, 5) is 0. The summed E-state index contributed by atoms with van der Waals surface area (Å²) in [6.07, 6.45) is -0.773. The van der Waals surface area contributed by atoms with Crippen LogP contribution in [0, 0.1) is 0 Å². The number of fused-ring (bicyclic) bond motifs is 1. The predicted octanol–water partition coefficient (Wildman–Crippen LogP) is -0.163. The number of hydrogen-bond donors (Lipinski definition) is 1. The van der Waals surface area contributed by atoms with Gasteiger partial charge in [-0.2, -0.15) is 0 Å². The van der Waals surface area contributed by atoms with Gasteiger partial charge in [0.05, 0.1) is 0 Å². The molecule has 2 N–H and O–H groups in total. The number of rotatable bonds is 2. The summed E-state index contributed by atoms with van der Waals surface area (Å²) in [6, 6.07) is 0. The van der Waals surface area contributed by atoms with Crippen molar-refractivity contribution in [3.63, 3.8) is 0 Å². The first-order valence-corrected chi connectivity index (χ1v) is 4.81. The Labute approximate surface area is 83.4 Å². The lowest BCUT2D eigenvalue weighted by molar-refractivity contribution is -0.215. The molecule has 14 heavy (non-hydrogen) atoms. The lowest BCUT2D eigenvalue weighted by Gasteiger charge is -2.23. The molecule has 0 amide bonds. The fourth-order valence-electron chi connectivity index (χ4n) is 2.02. The molecule has 2 aliphatic heterocycles. The van der Waals surface area contributed by atoms with E-state index in [-0.39, 0.29) is 24.6 Å². The van der Waals surface area contributed by atoms with Gasteiger partial charge in [-0.15, -0.1) is 0 Å². The number of ether oxygens (including phenoxy) is 4. The Morgan fingerprint density at radius 2 is 2.07 bits per heavy atom. The summed E-state index contributed by atoms with van der Waals surface area (Å²) < 4.78 is 22.1. The van der Waals surface area contributed by atoms with E-state index in [1.54, 1.807) is 7.11 Å². The first-order valence-electron chi connectivity index (χ1n) is 4.81. The third kappa shape index (κ3) is 1.55. The molecule has 0 radical (unpaired) electrons. The van der Waals surface area contributed by atoms with E-state index in [0.29, 0.717) is 6.54 Å². The molecule has 0 saturated carbocycles. The van der Waals surface area contributed by atoms with Crippen molar-refractivity contribution < 1.29 is 18.9 Å². The van der Waals surface area contributed by atoms with Crippen LogP contribution in [0.3, 0.4) is 0 Å². The minimum atomic E-state index is -0.592. The van der Waals surface area contributed by atoms with E-state index in [2.05, 4.69) is 0 Å². The molecule has 4 atom stereocenters. The average molecular weight is 203 g/mol. The second kappa shape index (κ2) is 3.43. The Morgan fingerprint density at radius 1 is 1.36 bits per heavy atom. The summed E-state index contributed by atoms with van der Waals surface area (Å²) in [5.41, 5.74) is 5.55. The lowest BCUT2D eigenvalue weighted by Crippen LogP contribution is -2.39. The summed E-state index contributed by atoms with van der Waals surface area (Å²) in [6.45, 7) is 4.14. The van der Waals surface area contributed by atoms with Crippen molar-refractivity contribution in [1.29, 1.82) is 0 Å². The molecule has 2 rings (SSSR count). The van der Waals surface area contributed by atoms with Gasteiger partial charge >= 0.3 is 0 Å². The molecule has 0 spiro atoms. The molecule has 2 saturated heterocycles. The fraction of sp³-hybridized carbons (Fsp3) is 1.00. The highest BCUT2D eigenvalue weighted by Crippen LogP contribution is 2.38. The summed E-state index contributed by atoms with van der Waals surface area (Å²) in [7, 11) is 1.63. The molecule has 2 heterocycles. The SMILES string of the molecule is COC1C(CN)OC2OC(C)(C)OC21. The van der Waals surface area contributed by atoms with Crippen LogP contribution in [0.2, 0.25) is 0 Å². The van der Waals surface area contributed by atoms with Gasteiger partial charge in [-0.3, -0.25) is 0 Å². The third-order valence-electron chi connectivity index (χ3n) is 2.59. The zero-order chi connectivity index (χ0) is 10.3. The molecular formula is C9H17NO4. The van der Waals surface area contributed by atoms with E-state index in [1.165, 1.54) is 0 Å². The topological polar surface area (TPSA) is 62.9 Å².